The van der Waals surface area contributed by atoms with Crippen LogP contribution in [-0.4, -0.2) is 70.3 Å². The number of hydrogen-bond acceptors (Lipinski definition) is 12. The van der Waals surface area contributed by atoms with Crippen LogP contribution in [0.3, 0.4) is 0 Å². The van der Waals surface area contributed by atoms with Crippen LogP contribution >= 0.6 is 0 Å². The minimum Gasteiger partial charge on any atom is -0.368 e. The number of amides is 3. The van der Waals surface area contributed by atoms with Crippen molar-refractivity contribution in [2.75, 3.05) is 36.0 Å². The molecule has 0 spiro atoms. The van der Waals surface area contributed by atoms with Crippen LogP contribution in [0.15, 0.2) is 0 Å². The standard InChI is InChI=1S/C15H22N12O2/c1-15(2)9(28)26(5-3-7-20-10(16)24-11(17)21-7)14(29)27(15)6-4-8-22-12(18)25-13(19)23-8/h3-6H2,1-2H3,(H4,16,17,20,21,24)(H4,18,19,22,23,25). The summed E-state index contributed by atoms with van der Waals surface area (Å²) < 4.78 is 0. The molecule has 3 amide bonds. The first kappa shape index (κ1) is 19.9. The quantitative estimate of drug-likeness (QED) is 0.393. The van der Waals surface area contributed by atoms with Crippen molar-refractivity contribution in [2.24, 2.45) is 0 Å². The summed E-state index contributed by atoms with van der Waals surface area (Å²) in [6, 6.07) is -0.440. The number of nitrogens with two attached hydrogens (primary N) is 4. The van der Waals surface area contributed by atoms with Crippen LogP contribution in [0.4, 0.5) is 28.6 Å². The third kappa shape index (κ3) is 4.04. The molecule has 0 aromatic carbocycles. The molecular formula is C15H22N12O2. The molecule has 0 aliphatic carbocycles. The number of carbonyl (C=O) groups is 2. The van der Waals surface area contributed by atoms with E-state index in [1.165, 1.54) is 4.90 Å². The summed E-state index contributed by atoms with van der Waals surface area (Å²) in [7, 11) is 0. The van der Waals surface area contributed by atoms with Gasteiger partial charge in [0.05, 0.1) is 0 Å². The van der Waals surface area contributed by atoms with Gasteiger partial charge in [-0.1, -0.05) is 0 Å². The Balaban J connectivity index is 1.71. The van der Waals surface area contributed by atoms with E-state index in [2.05, 4.69) is 29.9 Å². The molecule has 1 saturated heterocycles. The van der Waals surface area contributed by atoms with E-state index in [0.717, 1.165) is 4.90 Å². The topological polar surface area (TPSA) is 222 Å². The largest absolute Gasteiger partial charge is 0.368 e. The number of imide groups is 1. The molecule has 8 N–H and O–H groups in total. The van der Waals surface area contributed by atoms with E-state index in [1.54, 1.807) is 13.8 Å². The first-order valence-corrected chi connectivity index (χ1v) is 8.73. The third-order valence-corrected chi connectivity index (χ3v) is 4.46. The predicted octanol–water partition coefficient (Wildman–Crippen LogP) is -1.79. The van der Waals surface area contributed by atoms with Crippen LogP contribution in [0.1, 0.15) is 25.5 Å². The molecule has 1 aliphatic rings. The van der Waals surface area contributed by atoms with Crippen LogP contribution in [-0.2, 0) is 17.6 Å². The molecule has 0 atom stereocenters. The Morgan fingerprint density at radius 3 is 1.59 bits per heavy atom. The maximum atomic E-state index is 12.9. The van der Waals surface area contributed by atoms with Crippen molar-refractivity contribution >= 4 is 35.7 Å². The Morgan fingerprint density at radius 2 is 1.14 bits per heavy atom. The van der Waals surface area contributed by atoms with E-state index in [4.69, 9.17) is 22.9 Å². The van der Waals surface area contributed by atoms with Gasteiger partial charge in [-0.3, -0.25) is 9.69 Å². The van der Waals surface area contributed by atoms with Gasteiger partial charge in [0.25, 0.3) is 5.91 Å². The fourth-order valence-corrected chi connectivity index (χ4v) is 3.05. The first-order valence-electron chi connectivity index (χ1n) is 8.73. The lowest BCUT2D eigenvalue weighted by atomic mass is 10.0. The predicted molar refractivity (Wildman–Crippen MR) is 103 cm³/mol. The number of aromatic nitrogens is 6. The summed E-state index contributed by atoms with van der Waals surface area (Å²) in [5.41, 5.74) is 21.2. The van der Waals surface area contributed by atoms with E-state index in [9.17, 15) is 9.59 Å². The van der Waals surface area contributed by atoms with E-state index in [-0.39, 0.29) is 55.6 Å². The van der Waals surface area contributed by atoms with Crippen LogP contribution in [0, 0.1) is 0 Å². The number of anilines is 4. The Hall–Kier alpha value is -3.84. The fourth-order valence-electron chi connectivity index (χ4n) is 3.05. The minimum atomic E-state index is -1.04. The van der Waals surface area contributed by atoms with Crippen LogP contribution in [0.25, 0.3) is 0 Å². The maximum Gasteiger partial charge on any atom is 0.327 e. The van der Waals surface area contributed by atoms with E-state index < -0.39 is 11.6 Å². The second kappa shape index (κ2) is 7.29. The highest BCUT2D eigenvalue weighted by molar-refractivity contribution is 6.06. The summed E-state index contributed by atoms with van der Waals surface area (Å²) in [6.07, 6.45) is 0.451. The molecule has 0 bridgehead atoms. The highest BCUT2D eigenvalue weighted by atomic mass is 16.2. The lowest BCUT2D eigenvalue weighted by Gasteiger charge is -2.27. The number of rotatable bonds is 6. The molecule has 3 rings (SSSR count). The van der Waals surface area contributed by atoms with Crippen LogP contribution in [0.5, 0.6) is 0 Å². The Bertz CT molecular complexity index is 922. The minimum absolute atomic E-state index is 0.00638. The van der Waals surface area contributed by atoms with Crippen LogP contribution < -0.4 is 22.9 Å². The molecule has 1 aliphatic heterocycles. The van der Waals surface area contributed by atoms with Crippen molar-refractivity contribution < 1.29 is 9.59 Å². The second-order valence-electron chi connectivity index (χ2n) is 6.89. The molecule has 0 radical (unpaired) electrons. The molecule has 14 nitrogen and oxygen atoms in total. The number of hydrogen-bond donors (Lipinski definition) is 4. The molecular weight excluding hydrogens is 380 g/mol. The van der Waals surface area contributed by atoms with Gasteiger partial charge in [-0.25, -0.2) is 4.79 Å². The fraction of sp³-hybridized carbons (Fsp3) is 0.467. The highest BCUT2D eigenvalue weighted by Crippen LogP contribution is 2.28. The zero-order valence-electron chi connectivity index (χ0n) is 16.0. The molecule has 2 aromatic heterocycles. The molecule has 2 aromatic rings. The summed E-state index contributed by atoms with van der Waals surface area (Å²) in [4.78, 5) is 51.6. The number of nitrogen functional groups attached to an aromatic ring is 4. The first-order chi connectivity index (χ1) is 13.6. The van der Waals surface area contributed by atoms with Gasteiger partial charge in [0.15, 0.2) is 0 Å². The van der Waals surface area contributed by atoms with Crippen molar-refractivity contribution in [1.82, 2.24) is 39.7 Å². The average Bonchev–Trinajstić information content (AvgIpc) is 2.75. The van der Waals surface area contributed by atoms with Crippen molar-refractivity contribution in [3.05, 3.63) is 11.6 Å². The molecule has 154 valence electrons. The van der Waals surface area contributed by atoms with Gasteiger partial charge in [-0.2, -0.15) is 29.9 Å². The number of urea groups is 1. The molecule has 0 saturated carbocycles. The van der Waals surface area contributed by atoms with Crippen molar-refractivity contribution in [2.45, 2.75) is 32.2 Å². The number of nitrogens with zero attached hydrogens (tertiary/aromatic N) is 8. The lowest BCUT2D eigenvalue weighted by molar-refractivity contribution is -0.131. The van der Waals surface area contributed by atoms with E-state index in [0.29, 0.717) is 11.6 Å². The van der Waals surface area contributed by atoms with Gasteiger partial charge < -0.3 is 27.8 Å². The zero-order chi connectivity index (χ0) is 21.3. The molecule has 0 unspecified atom stereocenters. The maximum absolute atomic E-state index is 12.9. The SMILES string of the molecule is CC1(C)C(=O)N(CCc2nc(N)nc(N)n2)C(=O)N1CCc1nc(N)nc(N)n1. The molecule has 1 fully saturated rings. The summed E-state index contributed by atoms with van der Waals surface area (Å²) in [5.74, 6) is 0.228. The Morgan fingerprint density at radius 1 is 0.724 bits per heavy atom. The van der Waals surface area contributed by atoms with Crippen LogP contribution in [0.2, 0.25) is 0 Å². The molecule has 29 heavy (non-hydrogen) atoms. The van der Waals surface area contributed by atoms with E-state index in [1.807, 2.05) is 0 Å². The highest BCUT2D eigenvalue weighted by Gasteiger charge is 2.50. The Labute approximate surface area is 165 Å². The van der Waals surface area contributed by atoms with Gasteiger partial charge in [0, 0.05) is 25.9 Å². The summed E-state index contributed by atoms with van der Waals surface area (Å²) in [6.45, 7) is 3.61. The normalized spacial score (nSPS) is 15.9. The lowest BCUT2D eigenvalue weighted by Crippen LogP contribution is -2.45. The smallest absolute Gasteiger partial charge is 0.327 e. The Kier molecular flexibility index (Phi) is 5.01. The molecule has 14 heteroatoms. The molecule has 3 heterocycles. The number of carbonyl (C=O) groups excluding carboxylic acids is 2. The van der Waals surface area contributed by atoms with Crippen molar-refractivity contribution in [3.8, 4) is 0 Å². The van der Waals surface area contributed by atoms with E-state index >= 15 is 0 Å². The van der Waals surface area contributed by atoms with Gasteiger partial charge in [-0.05, 0) is 13.8 Å². The van der Waals surface area contributed by atoms with Crippen molar-refractivity contribution in [3.63, 3.8) is 0 Å². The second-order valence-corrected chi connectivity index (χ2v) is 6.89. The monoisotopic (exact) mass is 402 g/mol. The third-order valence-electron chi connectivity index (χ3n) is 4.46. The van der Waals surface area contributed by atoms with Gasteiger partial charge in [0.2, 0.25) is 23.8 Å². The van der Waals surface area contributed by atoms with Gasteiger partial charge >= 0.3 is 6.03 Å². The zero-order valence-corrected chi connectivity index (χ0v) is 16.0. The van der Waals surface area contributed by atoms with Gasteiger partial charge in [0.1, 0.15) is 17.2 Å². The average molecular weight is 402 g/mol. The summed E-state index contributed by atoms with van der Waals surface area (Å²) >= 11 is 0. The van der Waals surface area contributed by atoms with Crippen molar-refractivity contribution in [1.29, 1.82) is 0 Å². The summed E-state index contributed by atoms with van der Waals surface area (Å²) in [5, 5.41) is 0. The van der Waals surface area contributed by atoms with Gasteiger partial charge in [-0.15, -0.1) is 0 Å².